The highest BCUT2D eigenvalue weighted by atomic mass is 35.5. The number of carbonyl (C=O) groups is 1. The van der Waals surface area contributed by atoms with E-state index < -0.39 is 23.5 Å². The molecule has 2 bridgehead atoms. The maximum Gasteiger partial charge on any atom is 0.419 e. The zero-order valence-electron chi connectivity index (χ0n) is 23.6. The van der Waals surface area contributed by atoms with Crippen molar-refractivity contribution in [2.24, 2.45) is 11.3 Å². The molecule has 1 aliphatic carbocycles. The summed E-state index contributed by atoms with van der Waals surface area (Å²) in [4.78, 5) is 14.7. The van der Waals surface area contributed by atoms with Gasteiger partial charge < -0.3 is 9.38 Å². The van der Waals surface area contributed by atoms with E-state index >= 15 is 0 Å². The van der Waals surface area contributed by atoms with Gasteiger partial charge in [0.25, 0.3) is 5.91 Å². The number of rotatable bonds is 8. The Kier molecular flexibility index (Phi) is 9.00. The number of benzene rings is 2. The third-order valence-corrected chi connectivity index (χ3v) is 11.2. The first-order valence-electron chi connectivity index (χ1n) is 14.8. The van der Waals surface area contributed by atoms with Crippen molar-refractivity contribution in [3.8, 4) is 0 Å². The van der Waals surface area contributed by atoms with Crippen LogP contribution in [0.1, 0.15) is 85.2 Å². The van der Waals surface area contributed by atoms with E-state index in [-0.39, 0.29) is 11.5 Å². The Morgan fingerprint density at radius 3 is 2.27 bits per heavy atom. The van der Waals surface area contributed by atoms with Crippen LogP contribution in [0.25, 0.3) is 0 Å². The summed E-state index contributed by atoms with van der Waals surface area (Å²) in [5, 5.41) is 0.870. The molecule has 1 saturated carbocycles. The average Bonchev–Trinajstić information content (AvgIpc) is 2.97. The van der Waals surface area contributed by atoms with Crippen LogP contribution in [-0.4, -0.2) is 55.1 Å². The monoisotopic (exact) mass is 613 g/mol. The molecule has 0 unspecified atom stereocenters. The normalized spacial score (nSPS) is 25.7. The van der Waals surface area contributed by atoms with Gasteiger partial charge in [-0.15, -0.1) is 0 Å². The third kappa shape index (κ3) is 6.57. The van der Waals surface area contributed by atoms with Gasteiger partial charge in [-0.1, -0.05) is 48.5 Å². The fourth-order valence-electron chi connectivity index (χ4n) is 7.82. The summed E-state index contributed by atoms with van der Waals surface area (Å²) >= 11 is 12.6. The molecule has 9 heteroatoms. The molecule has 3 heterocycles. The SMILES string of the molecule is CN(C[C@@H](CC[N+]12CCC(C3CCCCC3)(CC1)CC2)c1ccc(Cl)c(Cl)c1)C(=O)c1ccc(F)c(C(F)(F)F)c1. The van der Waals surface area contributed by atoms with Crippen LogP contribution in [0.3, 0.4) is 0 Å². The molecule has 3 saturated heterocycles. The molecule has 4 fully saturated rings. The van der Waals surface area contributed by atoms with Gasteiger partial charge in [-0.05, 0) is 60.1 Å². The standard InChI is InChI=1S/C32H39Cl2F4N2O/c1-39(30(41)23-8-10-29(35)26(19-23)32(36,37)38)21-24(22-7-9-27(33)28(34)20-22)11-15-40-16-12-31(13-17-40,14-18-40)25-5-3-2-4-6-25/h7-10,19-20,24-25H,2-6,11-18,21H2,1H3/q+1/t24-,31?,40?/m1/s1. The maximum absolute atomic E-state index is 13.8. The van der Waals surface area contributed by atoms with Gasteiger partial charge in [0.1, 0.15) is 5.82 Å². The molecule has 4 aliphatic rings. The summed E-state index contributed by atoms with van der Waals surface area (Å²) in [5.74, 6) is -1.18. The topological polar surface area (TPSA) is 20.3 Å². The van der Waals surface area contributed by atoms with Gasteiger partial charge in [-0.2, -0.15) is 13.2 Å². The Morgan fingerprint density at radius 1 is 1.00 bits per heavy atom. The van der Waals surface area contributed by atoms with Crippen molar-refractivity contribution < 1.29 is 26.8 Å². The Bertz CT molecular complexity index is 1240. The molecule has 1 amide bonds. The zero-order valence-corrected chi connectivity index (χ0v) is 25.1. The molecule has 0 aromatic heterocycles. The van der Waals surface area contributed by atoms with Crippen LogP contribution >= 0.6 is 23.2 Å². The number of likely N-dealkylation sites (N-methyl/N-ethyl adjacent to an activating group) is 1. The van der Waals surface area contributed by atoms with Crippen molar-refractivity contribution in [1.82, 2.24) is 4.90 Å². The molecule has 1 atom stereocenters. The van der Waals surface area contributed by atoms with Gasteiger partial charge in [0.2, 0.25) is 0 Å². The Morgan fingerprint density at radius 2 is 1.66 bits per heavy atom. The molecule has 224 valence electrons. The highest BCUT2D eigenvalue weighted by molar-refractivity contribution is 6.42. The first kappa shape index (κ1) is 30.6. The van der Waals surface area contributed by atoms with Gasteiger partial charge in [0.05, 0.1) is 41.8 Å². The van der Waals surface area contributed by atoms with Crippen LogP contribution in [0, 0.1) is 17.2 Å². The minimum absolute atomic E-state index is 0.0827. The van der Waals surface area contributed by atoms with Crippen molar-refractivity contribution in [2.45, 2.75) is 69.9 Å². The molecule has 2 aromatic rings. The number of hydrogen-bond donors (Lipinski definition) is 0. The van der Waals surface area contributed by atoms with E-state index in [4.69, 9.17) is 23.2 Å². The van der Waals surface area contributed by atoms with Gasteiger partial charge in [0, 0.05) is 50.8 Å². The van der Waals surface area contributed by atoms with E-state index in [1.165, 1.54) is 75.9 Å². The predicted molar refractivity (Wildman–Crippen MR) is 155 cm³/mol. The van der Waals surface area contributed by atoms with E-state index in [1.807, 2.05) is 12.1 Å². The number of fused-ring (bicyclic) bond motifs is 3. The number of nitrogens with zero attached hydrogens (tertiary/aromatic N) is 2. The van der Waals surface area contributed by atoms with E-state index in [2.05, 4.69) is 0 Å². The number of quaternary nitrogens is 1. The Hall–Kier alpha value is -1.83. The number of alkyl halides is 3. The molecule has 0 radical (unpaired) electrons. The van der Waals surface area contributed by atoms with Crippen LogP contribution in [0.4, 0.5) is 17.6 Å². The first-order valence-corrected chi connectivity index (χ1v) is 15.6. The number of carbonyl (C=O) groups excluding carboxylic acids is 1. The number of halogens is 6. The smallest absolute Gasteiger partial charge is 0.341 e. The van der Waals surface area contributed by atoms with Crippen molar-refractivity contribution >= 4 is 29.1 Å². The van der Waals surface area contributed by atoms with Gasteiger partial charge in [0.15, 0.2) is 0 Å². The third-order valence-electron chi connectivity index (χ3n) is 10.4. The van der Waals surface area contributed by atoms with E-state index in [0.29, 0.717) is 34.1 Å². The molecule has 0 N–H and O–H groups in total. The van der Waals surface area contributed by atoms with Crippen LogP contribution in [0.15, 0.2) is 36.4 Å². The molecule has 41 heavy (non-hydrogen) atoms. The lowest BCUT2D eigenvalue weighted by atomic mass is 9.59. The van der Waals surface area contributed by atoms with Crippen LogP contribution in [0.5, 0.6) is 0 Å². The van der Waals surface area contributed by atoms with Gasteiger partial charge in [-0.25, -0.2) is 4.39 Å². The summed E-state index contributed by atoms with van der Waals surface area (Å²) in [7, 11) is 1.58. The summed E-state index contributed by atoms with van der Waals surface area (Å²) in [6.45, 7) is 4.84. The number of piperidine rings is 3. The second-order valence-corrected chi connectivity index (χ2v) is 13.5. The number of hydrogen-bond acceptors (Lipinski definition) is 1. The second-order valence-electron chi connectivity index (χ2n) is 12.7. The van der Waals surface area contributed by atoms with Gasteiger partial charge >= 0.3 is 6.18 Å². The lowest BCUT2D eigenvalue weighted by molar-refractivity contribution is -0.946. The van der Waals surface area contributed by atoms with Crippen molar-refractivity contribution in [1.29, 1.82) is 0 Å². The van der Waals surface area contributed by atoms with Crippen LogP contribution in [-0.2, 0) is 6.18 Å². The molecule has 6 rings (SSSR count). The minimum atomic E-state index is -4.88. The highest BCUT2D eigenvalue weighted by Crippen LogP contribution is 2.53. The van der Waals surface area contributed by atoms with Crippen molar-refractivity contribution in [3.63, 3.8) is 0 Å². The minimum Gasteiger partial charge on any atom is -0.341 e. The second kappa shape index (κ2) is 12.0. The highest BCUT2D eigenvalue weighted by Gasteiger charge is 2.52. The summed E-state index contributed by atoms with van der Waals surface area (Å²) in [6, 6.07) is 7.90. The lowest BCUT2D eigenvalue weighted by Crippen LogP contribution is -2.63. The molecule has 3 nitrogen and oxygen atoms in total. The Labute approximate surface area is 250 Å². The van der Waals surface area contributed by atoms with Crippen molar-refractivity contribution in [3.05, 3.63) is 69.0 Å². The van der Waals surface area contributed by atoms with E-state index in [0.717, 1.165) is 35.0 Å². The average molecular weight is 615 g/mol. The van der Waals surface area contributed by atoms with E-state index in [9.17, 15) is 22.4 Å². The summed E-state index contributed by atoms with van der Waals surface area (Å²) in [5.41, 5.74) is -0.159. The number of amides is 1. The molecule has 2 aromatic carbocycles. The first-order chi connectivity index (χ1) is 19.4. The molecular formula is C32H39Cl2F4N2O+. The Balaban J connectivity index is 1.30. The maximum atomic E-state index is 13.8. The fraction of sp³-hybridized carbons (Fsp3) is 0.594. The predicted octanol–water partition coefficient (Wildman–Crippen LogP) is 8.98. The fourth-order valence-corrected chi connectivity index (χ4v) is 8.13. The quantitative estimate of drug-likeness (QED) is 0.215. The zero-order chi connectivity index (χ0) is 29.4. The summed E-state index contributed by atoms with van der Waals surface area (Å²) < 4.78 is 54.8. The molecular weight excluding hydrogens is 575 g/mol. The van der Waals surface area contributed by atoms with Crippen LogP contribution in [0.2, 0.25) is 10.0 Å². The lowest BCUT2D eigenvalue weighted by Gasteiger charge is -2.58. The van der Waals surface area contributed by atoms with Gasteiger partial charge in [-0.3, -0.25) is 4.79 Å². The van der Waals surface area contributed by atoms with E-state index in [1.54, 1.807) is 13.1 Å². The molecule has 3 aliphatic heterocycles. The van der Waals surface area contributed by atoms with Crippen molar-refractivity contribution in [2.75, 3.05) is 39.8 Å². The summed E-state index contributed by atoms with van der Waals surface area (Å²) in [6.07, 6.45) is 6.70. The largest absolute Gasteiger partial charge is 0.419 e. The van der Waals surface area contributed by atoms with Crippen LogP contribution < -0.4 is 0 Å². The molecule has 0 spiro atoms.